The van der Waals surface area contributed by atoms with Crippen LogP contribution < -0.4 is 0 Å². The third-order valence-electron chi connectivity index (χ3n) is 4.54. The molecule has 1 aliphatic rings. The van der Waals surface area contributed by atoms with Crippen LogP contribution in [0.2, 0.25) is 0 Å². The number of aryl methyl sites for hydroxylation is 1. The number of alkyl halides is 3. The van der Waals surface area contributed by atoms with Gasteiger partial charge in [0.25, 0.3) is 0 Å². The van der Waals surface area contributed by atoms with Gasteiger partial charge in [0.1, 0.15) is 11.8 Å². The minimum Gasteiger partial charge on any atom is -0.468 e. The summed E-state index contributed by atoms with van der Waals surface area (Å²) >= 11 is 0. The van der Waals surface area contributed by atoms with E-state index < -0.39 is 11.7 Å². The van der Waals surface area contributed by atoms with E-state index in [9.17, 15) is 18.0 Å². The second-order valence-corrected chi connectivity index (χ2v) is 6.25. The number of likely N-dealkylation sites (tertiary alicyclic amines) is 1. The summed E-state index contributed by atoms with van der Waals surface area (Å²) < 4.78 is 48.5. The second-order valence-electron chi connectivity index (χ2n) is 6.25. The highest BCUT2D eigenvalue weighted by Crippen LogP contribution is 2.31. The number of halogens is 3. The molecule has 8 heteroatoms. The monoisotopic (exact) mass is 368 g/mol. The average Bonchev–Trinajstić information content (AvgIpc) is 3.21. The summed E-state index contributed by atoms with van der Waals surface area (Å²) in [5.74, 6) is 0.571. The summed E-state index contributed by atoms with van der Waals surface area (Å²) in [5, 5.41) is 0. The Balaban J connectivity index is 1.78. The van der Waals surface area contributed by atoms with Gasteiger partial charge in [-0.2, -0.15) is 13.2 Å². The van der Waals surface area contributed by atoms with Gasteiger partial charge in [0.15, 0.2) is 0 Å². The van der Waals surface area contributed by atoms with Gasteiger partial charge >= 0.3 is 12.1 Å². The van der Waals surface area contributed by atoms with Crippen LogP contribution >= 0.6 is 0 Å². The number of oxazole rings is 1. The third kappa shape index (κ3) is 3.75. The van der Waals surface area contributed by atoms with E-state index in [1.807, 2.05) is 4.90 Å². The van der Waals surface area contributed by atoms with Crippen LogP contribution in [0, 0.1) is 6.92 Å². The maximum absolute atomic E-state index is 12.7. The van der Waals surface area contributed by atoms with Crippen molar-refractivity contribution in [2.45, 2.75) is 38.5 Å². The number of ether oxygens (including phenoxy) is 1. The maximum atomic E-state index is 12.7. The fourth-order valence-electron chi connectivity index (χ4n) is 3.11. The van der Waals surface area contributed by atoms with Crippen molar-refractivity contribution in [1.29, 1.82) is 0 Å². The Morgan fingerprint density at radius 2 is 2.04 bits per heavy atom. The van der Waals surface area contributed by atoms with E-state index in [-0.39, 0.29) is 17.9 Å². The highest BCUT2D eigenvalue weighted by molar-refractivity contribution is 5.76. The molecule has 140 valence electrons. The van der Waals surface area contributed by atoms with E-state index in [1.54, 1.807) is 6.92 Å². The van der Waals surface area contributed by atoms with Crippen LogP contribution in [-0.2, 0) is 22.3 Å². The fourth-order valence-corrected chi connectivity index (χ4v) is 3.11. The molecule has 2 aromatic rings. The summed E-state index contributed by atoms with van der Waals surface area (Å²) in [6, 6.07) is 4.38. The normalized spacial score (nSPS) is 18.3. The van der Waals surface area contributed by atoms with E-state index in [0.717, 1.165) is 31.5 Å². The zero-order valence-electron chi connectivity index (χ0n) is 14.5. The molecule has 0 spiro atoms. The molecule has 26 heavy (non-hydrogen) atoms. The molecule has 0 radical (unpaired) electrons. The predicted molar refractivity (Wildman–Crippen MR) is 87.1 cm³/mol. The molecule has 1 aromatic heterocycles. The predicted octanol–water partition coefficient (Wildman–Crippen LogP) is 3.81. The summed E-state index contributed by atoms with van der Waals surface area (Å²) in [5.41, 5.74) is 0.414. The van der Waals surface area contributed by atoms with Crippen LogP contribution in [0.3, 0.4) is 0 Å². The SMILES string of the molecule is COC(=O)[C@@H]1CCCN1Cc1nc(-c2ccc(C(F)(F)F)cc2)oc1C. The molecule has 1 saturated heterocycles. The van der Waals surface area contributed by atoms with Gasteiger partial charge < -0.3 is 9.15 Å². The van der Waals surface area contributed by atoms with Crippen LogP contribution in [0.4, 0.5) is 13.2 Å². The van der Waals surface area contributed by atoms with Gasteiger partial charge in [0, 0.05) is 12.1 Å². The standard InChI is InChI=1S/C18H19F3N2O3/c1-11-14(10-23-9-3-4-15(23)17(24)25-2)22-16(26-11)12-5-7-13(8-6-12)18(19,20)21/h5-8,15H,3-4,9-10H2,1-2H3/t15-/m0/s1. The minimum atomic E-state index is -4.38. The van der Waals surface area contributed by atoms with Gasteiger partial charge in [-0.25, -0.2) is 4.98 Å². The van der Waals surface area contributed by atoms with Crippen molar-refractivity contribution in [3.8, 4) is 11.5 Å². The number of esters is 1. The highest BCUT2D eigenvalue weighted by Gasteiger charge is 2.33. The van der Waals surface area contributed by atoms with Gasteiger partial charge in [-0.05, 0) is 50.6 Å². The molecule has 0 N–H and O–H groups in total. The van der Waals surface area contributed by atoms with Crippen molar-refractivity contribution in [2.75, 3.05) is 13.7 Å². The first-order valence-electron chi connectivity index (χ1n) is 8.25. The smallest absolute Gasteiger partial charge is 0.416 e. The van der Waals surface area contributed by atoms with E-state index in [1.165, 1.54) is 19.2 Å². The summed E-state index contributed by atoms with van der Waals surface area (Å²) in [7, 11) is 1.36. The maximum Gasteiger partial charge on any atom is 0.416 e. The third-order valence-corrected chi connectivity index (χ3v) is 4.54. The number of benzene rings is 1. The molecule has 0 amide bonds. The Kier molecular flexibility index (Phi) is 5.04. The number of nitrogens with zero attached hydrogens (tertiary/aromatic N) is 2. The average molecular weight is 368 g/mol. The molecule has 5 nitrogen and oxygen atoms in total. The lowest BCUT2D eigenvalue weighted by atomic mass is 10.1. The molecule has 1 aliphatic heterocycles. The molecule has 0 unspecified atom stereocenters. The van der Waals surface area contributed by atoms with Crippen molar-refractivity contribution in [2.24, 2.45) is 0 Å². The number of methoxy groups -OCH3 is 1. The quantitative estimate of drug-likeness (QED) is 0.769. The van der Waals surface area contributed by atoms with Crippen LogP contribution in [-0.4, -0.2) is 35.5 Å². The molecule has 1 atom stereocenters. The molecule has 1 fully saturated rings. The first kappa shape index (κ1) is 18.4. The minimum absolute atomic E-state index is 0.264. The molecule has 3 rings (SSSR count). The summed E-state index contributed by atoms with van der Waals surface area (Å²) in [4.78, 5) is 18.2. The van der Waals surface area contributed by atoms with Crippen molar-refractivity contribution in [3.05, 3.63) is 41.3 Å². The fraction of sp³-hybridized carbons (Fsp3) is 0.444. The van der Waals surface area contributed by atoms with Crippen molar-refractivity contribution < 1.29 is 27.1 Å². The van der Waals surface area contributed by atoms with Gasteiger partial charge in [-0.3, -0.25) is 9.69 Å². The molecule has 0 aliphatic carbocycles. The van der Waals surface area contributed by atoms with Crippen LogP contribution in [0.1, 0.15) is 29.9 Å². The zero-order valence-corrected chi connectivity index (χ0v) is 14.5. The first-order valence-corrected chi connectivity index (χ1v) is 8.25. The van der Waals surface area contributed by atoms with Crippen molar-refractivity contribution in [3.63, 3.8) is 0 Å². The van der Waals surface area contributed by atoms with Gasteiger partial charge in [-0.15, -0.1) is 0 Å². The Hall–Kier alpha value is -2.35. The Morgan fingerprint density at radius 3 is 2.65 bits per heavy atom. The number of carbonyl (C=O) groups excluding carboxylic acids is 1. The number of hydrogen-bond donors (Lipinski definition) is 0. The van der Waals surface area contributed by atoms with E-state index in [4.69, 9.17) is 9.15 Å². The van der Waals surface area contributed by atoms with E-state index in [2.05, 4.69) is 4.98 Å². The van der Waals surface area contributed by atoms with Gasteiger partial charge in [0.05, 0.1) is 18.4 Å². The molecular formula is C18H19F3N2O3. The Morgan fingerprint density at radius 1 is 1.35 bits per heavy atom. The number of hydrogen-bond acceptors (Lipinski definition) is 5. The molecule has 0 saturated carbocycles. The molecular weight excluding hydrogens is 349 g/mol. The van der Waals surface area contributed by atoms with Gasteiger partial charge in [-0.1, -0.05) is 0 Å². The van der Waals surface area contributed by atoms with Crippen LogP contribution in [0.25, 0.3) is 11.5 Å². The van der Waals surface area contributed by atoms with Gasteiger partial charge in [0.2, 0.25) is 5.89 Å². The number of carbonyl (C=O) groups is 1. The summed E-state index contributed by atoms with van der Waals surface area (Å²) in [6.45, 7) is 2.93. The van der Waals surface area contributed by atoms with Crippen LogP contribution in [0.5, 0.6) is 0 Å². The lowest BCUT2D eigenvalue weighted by Gasteiger charge is -2.21. The van der Waals surface area contributed by atoms with E-state index in [0.29, 0.717) is 23.6 Å². The molecule has 1 aromatic carbocycles. The first-order chi connectivity index (χ1) is 12.3. The number of aromatic nitrogens is 1. The largest absolute Gasteiger partial charge is 0.468 e. The Bertz CT molecular complexity index is 784. The summed E-state index contributed by atoms with van der Waals surface area (Å²) in [6.07, 6.45) is -2.76. The lowest BCUT2D eigenvalue weighted by Crippen LogP contribution is -2.36. The van der Waals surface area contributed by atoms with E-state index >= 15 is 0 Å². The lowest BCUT2D eigenvalue weighted by molar-refractivity contribution is -0.146. The molecule has 0 bridgehead atoms. The Labute approximate surface area is 148 Å². The molecule has 2 heterocycles. The van der Waals surface area contributed by atoms with Crippen molar-refractivity contribution >= 4 is 5.97 Å². The zero-order chi connectivity index (χ0) is 18.9. The highest BCUT2D eigenvalue weighted by atomic mass is 19.4. The van der Waals surface area contributed by atoms with Crippen molar-refractivity contribution in [1.82, 2.24) is 9.88 Å². The van der Waals surface area contributed by atoms with Crippen LogP contribution in [0.15, 0.2) is 28.7 Å². The topological polar surface area (TPSA) is 55.6 Å². The number of rotatable bonds is 4. The second kappa shape index (κ2) is 7.11.